The van der Waals surface area contributed by atoms with E-state index >= 15 is 0 Å². The molecule has 1 aliphatic carbocycles. The maximum Gasteiger partial charge on any atom is 0.161 e. The summed E-state index contributed by atoms with van der Waals surface area (Å²) in [6, 6.07) is 3.30. The molecule has 0 spiro atoms. The van der Waals surface area contributed by atoms with E-state index in [0.717, 1.165) is 18.5 Å². The summed E-state index contributed by atoms with van der Waals surface area (Å²) in [5.74, 6) is 5.28. The monoisotopic (exact) mass is 285 g/mol. The predicted molar refractivity (Wildman–Crippen MR) is 71.5 cm³/mol. The number of hydrazine groups is 1. The number of aromatic nitrogens is 1. The summed E-state index contributed by atoms with van der Waals surface area (Å²) in [5, 5.41) is 0.377. The summed E-state index contributed by atoms with van der Waals surface area (Å²) in [4.78, 5) is 4.48. The number of rotatable bonds is 2. The topological polar surface area (TPSA) is 50.9 Å². The maximum atomic E-state index is 13.7. The zero-order chi connectivity index (χ0) is 12.9. The molecule has 6 heteroatoms. The van der Waals surface area contributed by atoms with Gasteiger partial charge in [-0.25, -0.2) is 4.39 Å². The molecule has 1 saturated carbocycles. The minimum absolute atomic E-state index is 0.0316. The third kappa shape index (κ3) is 1.81. The van der Waals surface area contributed by atoms with Gasteiger partial charge in [0.1, 0.15) is 0 Å². The van der Waals surface area contributed by atoms with Crippen molar-refractivity contribution in [2.24, 2.45) is 5.84 Å². The molecule has 1 fully saturated rings. The number of fused-ring (bicyclic) bond motifs is 1. The summed E-state index contributed by atoms with van der Waals surface area (Å²) < 4.78 is 13.7. The normalized spacial score (nSPS) is 15.1. The molecule has 94 valence electrons. The molecular weight excluding hydrogens is 276 g/mol. The third-order valence-electron chi connectivity index (χ3n) is 3.10. The zero-order valence-corrected chi connectivity index (χ0v) is 10.8. The number of anilines is 1. The Kier molecular flexibility index (Phi) is 2.81. The summed E-state index contributed by atoms with van der Waals surface area (Å²) in [6.07, 6.45) is 2.23. The van der Waals surface area contributed by atoms with Crippen LogP contribution >= 0.6 is 23.2 Å². The molecule has 1 heterocycles. The van der Waals surface area contributed by atoms with E-state index in [2.05, 4.69) is 10.4 Å². The van der Waals surface area contributed by atoms with Gasteiger partial charge in [0.15, 0.2) is 5.82 Å². The lowest BCUT2D eigenvalue weighted by atomic mass is 10.1. The molecule has 3 rings (SSSR count). The van der Waals surface area contributed by atoms with Crippen molar-refractivity contribution in [2.75, 3.05) is 5.43 Å². The Bertz CT molecular complexity index is 641. The number of hydrogen-bond acceptors (Lipinski definition) is 3. The molecule has 0 amide bonds. The van der Waals surface area contributed by atoms with Crippen LogP contribution in [0.5, 0.6) is 0 Å². The van der Waals surface area contributed by atoms with E-state index in [0.29, 0.717) is 22.5 Å². The number of nitrogens with two attached hydrogens (primary N) is 1. The highest BCUT2D eigenvalue weighted by atomic mass is 35.5. The maximum absolute atomic E-state index is 13.7. The summed E-state index contributed by atoms with van der Waals surface area (Å²) in [7, 11) is 0. The van der Waals surface area contributed by atoms with E-state index in [-0.39, 0.29) is 10.0 Å². The molecule has 3 nitrogen and oxygen atoms in total. The van der Waals surface area contributed by atoms with Crippen LogP contribution in [0, 0.1) is 5.82 Å². The first-order chi connectivity index (χ1) is 8.61. The quantitative estimate of drug-likeness (QED) is 0.501. The Morgan fingerprint density at radius 1 is 1.33 bits per heavy atom. The Labute approximate surface area is 113 Å². The van der Waals surface area contributed by atoms with Crippen molar-refractivity contribution < 1.29 is 4.39 Å². The van der Waals surface area contributed by atoms with Crippen LogP contribution in [0.15, 0.2) is 12.1 Å². The van der Waals surface area contributed by atoms with Gasteiger partial charge in [-0.1, -0.05) is 23.2 Å². The van der Waals surface area contributed by atoms with Crippen LogP contribution in [0.2, 0.25) is 10.0 Å². The molecule has 0 unspecified atom stereocenters. The number of halogens is 3. The fraction of sp³-hybridized carbons (Fsp3) is 0.250. The second-order valence-corrected chi connectivity index (χ2v) is 5.18. The van der Waals surface area contributed by atoms with Gasteiger partial charge in [0.2, 0.25) is 0 Å². The lowest BCUT2D eigenvalue weighted by Crippen LogP contribution is -2.09. The smallest absolute Gasteiger partial charge is 0.161 e. The average molecular weight is 286 g/mol. The Morgan fingerprint density at radius 3 is 2.67 bits per heavy atom. The van der Waals surface area contributed by atoms with Crippen LogP contribution in [0.3, 0.4) is 0 Å². The van der Waals surface area contributed by atoms with Gasteiger partial charge in [-0.2, -0.15) is 0 Å². The van der Waals surface area contributed by atoms with Crippen molar-refractivity contribution in [2.45, 2.75) is 18.8 Å². The van der Waals surface area contributed by atoms with Crippen molar-refractivity contribution in [3.05, 3.63) is 33.7 Å². The van der Waals surface area contributed by atoms with Gasteiger partial charge < -0.3 is 5.43 Å². The first kappa shape index (κ1) is 12.0. The van der Waals surface area contributed by atoms with Crippen molar-refractivity contribution in [1.82, 2.24) is 4.98 Å². The Morgan fingerprint density at radius 2 is 2.06 bits per heavy atom. The van der Waals surface area contributed by atoms with Gasteiger partial charge in [0.25, 0.3) is 0 Å². The van der Waals surface area contributed by atoms with Gasteiger partial charge >= 0.3 is 0 Å². The van der Waals surface area contributed by atoms with Crippen LogP contribution in [0.25, 0.3) is 10.9 Å². The second kappa shape index (κ2) is 4.23. The largest absolute Gasteiger partial charge is 0.323 e. The molecule has 0 bridgehead atoms. The lowest BCUT2D eigenvalue weighted by Gasteiger charge is -2.11. The molecule has 0 aliphatic heterocycles. The highest BCUT2D eigenvalue weighted by molar-refractivity contribution is 6.39. The molecule has 3 N–H and O–H groups in total. The van der Waals surface area contributed by atoms with Crippen molar-refractivity contribution in [1.29, 1.82) is 0 Å². The molecule has 0 radical (unpaired) electrons. The van der Waals surface area contributed by atoms with Crippen LogP contribution in [0.1, 0.15) is 24.5 Å². The molecule has 2 aromatic rings. The van der Waals surface area contributed by atoms with Gasteiger partial charge in [-0.15, -0.1) is 0 Å². The van der Waals surface area contributed by atoms with Crippen molar-refractivity contribution >= 4 is 39.8 Å². The summed E-state index contributed by atoms with van der Waals surface area (Å²) in [6.45, 7) is 0. The molecule has 0 atom stereocenters. The standard InChI is InChI=1S/C12H10Cl2FN3/c13-6-3-8-10(11(14)12(6)15)9(18-16)4-7(17-8)5-1-2-5/h3-5H,1-2,16H2,(H,17,18). The van der Waals surface area contributed by atoms with Crippen molar-refractivity contribution in [3.8, 4) is 0 Å². The lowest BCUT2D eigenvalue weighted by molar-refractivity contribution is 0.630. The molecule has 0 saturated heterocycles. The van der Waals surface area contributed by atoms with E-state index in [1.807, 2.05) is 6.07 Å². The first-order valence-corrected chi connectivity index (χ1v) is 6.32. The number of benzene rings is 1. The number of pyridine rings is 1. The van der Waals surface area contributed by atoms with Crippen LogP contribution in [0.4, 0.5) is 10.1 Å². The summed E-state index contributed by atoms with van der Waals surface area (Å²) >= 11 is 11.8. The number of nitrogen functional groups attached to an aromatic ring is 1. The molecule has 18 heavy (non-hydrogen) atoms. The number of hydrogen-bond donors (Lipinski definition) is 2. The number of nitrogens with zero attached hydrogens (tertiary/aromatic N) is 1. The van der Waals surface area contributed by atoms with E-state index < -0.39 is 5.82 Å². The number of nitrogens with one attached hydrogen (secondary N) is 1. The fourth-order valence-electron chi connectivity index (χ4n) is 2.02. The van der Waals surface area contributed by atoms with Crippen LogP contribution in [-0.4, -0.2) is 4.98 Å². The second-order valence-electron chi connectivity index (χ2n) is 4.39. The van der Waals surface area contributed by atoms with Crippen LogP contribution < -0.4 is 11.3 Å². The van der Waals surface area contributed by atoms with E-state index in [1.54, 1.807) is 0 Å². The van der Waals surface area contributed by atoms with E-state index in [4.69, 9.17) is 29.0 Å². The van der Waals surface area contributed by atoms with Gasteiger partial charge in [0.05, 0.1) is 21.2 Å². The van der Waals surface area contributed by atoms with Crippen molar-refractivity contribution in [3.63, 3.8) is 0 Å². The van der Waals surface area contributed by atoms with Crippen LogP contribution in [-0.2, 0) is 0 Å². The SMILES string of the molecule is NNc1cc(C2CC2)nc2cc(Cl)c(F)c(Cl)c12. The minimum Gasteiger partial charge on any atom is -0.323 e. The zero-order valence-electron chi connectivity index (χ0n) is 9.30. The minimum atomic E-state index is -0.650. The highest BCUT2D eigenvalue weighted by Crippen LogP contribution is 2.43. The Hall–Kier alpha value is -1.10. The Balaban J connectivity index is 2.35. The predicted octanol–water partition coefficient (Wildman–Crippen LogP) is 3.84. The summed E-state index contributed by atoms with van der Waals surface area (Å²) in [5.41, 5.74) is 4.62. The molecule has 1 aliphatic rings. The third-order valence-corrected chi connectivity index (χ3v) is 3.73. The molecule has 1 aromatic heterocycles. The van der Waals surface area contributed by atoms with Gasteiger partial charge in [-0.05, 0) is 25.0 Å². The van der Waals surface area contributed by atoms with Gasteiger partial charge in [-0.3, -0.25) is 10.8 Å². The highest BCUT2D eigenvalue weighted by Gasteiger charge is 2.26. The first-order valence-electron chi connectivity index (χ1n) is 5.56. The average Bonchev–Trinajstić information content (AvgIpc) is 3.18. The van der Waals surface area contributed by atoms with E-state index in [1.165, 1.54) is 6.07 Å². The fourth-order valence-corrected chi connectivity index (χ4v) is 2.57. The van der Waals surface area contributed by atoms with E-state index in [9.17, 15) is 4.39 Å². The molecular formula is C12H10Cl2FN3. The van der Waals surface area contributed by atoms with Gasteiger partial charge in [0, 0.05) is 17.0 Å². The molecule has 1 aromatic carbocycles.